The predicted molar refractivity (Wildman–Crippen MR) is 132 cm³/mol. The third kappa shape index (κ3) is 2.00. The summed E-state index contributed by atoms with van der Waals surface area (Å²) in [6.45, 7) is 0. The monoisotopic (exact) mass is 402 g/mol. The summed E-state index contributed by atoms with van der Waals surface area (Å²) in [5, 5.41) is 4.53. The number of hydrogen-bond acceptors (Lipinski definition) is 0. The predicted octanol–water partition coefficient (Wildman–Crippen LogP) is 6.94. The maximum absolute atomic E-state index is 6.25. The van der Waals surface area contributed by atoms with Crippen molar-refractivity contribution < 1.29 is 0 Å². The Morgan fingerprint density at radius 1 is 0.500 bits per heavy atom. The van der Waals surface area contributed by atoms with E-state index in [9.17, 15) is 0 Å². The largest absolute Gasteiger partial charge is 0.115 e. The summed E-state index contributed by atoms with van der Waals surface area (Å²) in [5.41, 5.74) is 9.83. The molecule has 0 N–H and O–H groups in total. The smallest absolute Gasteiger partial charge is 0.0366 e. The summed E-state index contributed by atoms with van der Waals surface area (Å²) in [4.78, 5) is 0. The van der Waals surface area contributed by atoms with E-state index >= 15 is 0 Å². The fraction of sp³-hybridized carbons (Fsp3) is 0.0625. The third-order valence-electron chi connectivity index (χ3n) is 7.36. The summed E-state index contributed by atoms with van der Waals surface area (Å²) in [7, 11) is 0. The van der Waals surface area contributed by atoms with Crippen LogP contribution >= 0.6 is 0 Å². The average Bonchev–Trinajstić information content (AvgIpc) is 2.85. The van der Waals surface area contributed by atoms with Gasteiger partial charge in [-0.15, -0.1) is 12.8 Å². The van der Waals surface area contributed by atoms with Crippen molar-refractivity contribution in [2.75, 3.05) is 0 Å². The molecule has 0 heteroatoms. The third-order valence-corrected chi connectivity index (χ3v) is 7.36. The van der Waals surface area contributed by atoms with E-state index < -0.39 is 0 Å². The van der Waals surface area contributed by atoms with Crippen molar-refractivity contribution in [2.24, 2.45) is 0 Å². The molecule has 0 saturated carbocycles. The molecule has 0 amide bonds. The van der Waals surface area contributed by atoms with E-state index in [0.717, 1.165) is 21.9 Å². The molecule has 3 aliphatic carbocycles. The van der Waals surface area contributed by atoms with Crippen molar-refractivity contribution in [3.63, 3.8) is 0 Å². The molecule has 0 heterocycles. The van der Waals surface area contributed by atoms with E-state index in [1.165, 1.54) is 44.2 Å². The van der Waals surface area contributed by atoms with Crippen LogP contribution in [0.5, 0.6) is 0 Å². The molecule has 0 aliphatic heterocycles. The Bertz CT molecular complexity index is 1530. The Hall–Kier alpha value is -4.26. The first-order chi connectivity index (χ1) is 15.8. The molecule has 0 radical (unpaired) electrons. The van der Waals surface area contributed by atoms with Crippen molar-refractivity contribution in [1.82, 2.24) is 0 Å². The molecule has 5 aromatic carbocycles. The van der Waals surface area contributed by atoms with Gasteiger partial charge in [0.15, 0.2) is 0 Å². The van der Waals surface area contributed by atoms with E-state index in [1.54, 1.807) is 0 Å². The van der Waals surface area contributed by atoms with Gasteiger partial charge in [0.1, 0.15) is 0 Å². The SMILES string of the molecule is C#Cc1c2c(c(C#C)c3cc4ccccc4cc13)C1c3ccccc3C2c2ccccc21. The standard InChI is InChI=1S/C32H18/c1-3-21-27-17-19-11-5-6-12-20(19)18-28(27)22(4-2)32-30-25-15-9-7-13-23(25)29(31(21)32)24-14-8-10-16-26(24)30/h1-2,5-18,29-30H. The average molecular weight is 402 g/mol. The Labute approximate surface area is 187 Å². The van der Waals surface area contributed by atoms with Crippen molar-refractivity contribution in [2.45, 2.75) is 11.8 Å². The molecule has 0 spiro atoms. The van der Waals surface area contributed by atoms with Crippen LogP contribution in [0.2, 0.25) is 0 Å². The minimum absolute atomic E-state index is 0.108. The normalized spacial score (nSPS) is 17.3. The van der Waals surface area contributed by atoms with Crippen LogP contribution in [0.3, 0.4) is 0 Å². The van der Waals surface area contributed by atoms with Gasteiger partial charge < -0.3 is 0 Å². The molecule has 5 aromatic rings. The fourth-order valence-electron chi connectivity index (χ4n) is 6.15. The summed E-state index contributed by atoms with van der Waals surface area (Å²) in [6.07, 6.45) is 12.5. The topological polar surface area (TPSA) is 0 Å². The number of rotatable bonds is 0. The lowest BCUT2D eigenvalue weighted by molar-refractivity contribution is 0.753. The van der Waals surface area contributed by atoms with Crippen LogP contribution in [-0.4, -0.2) is 0 Å². The maximum Gasteiger partial charge on any atom is 0.0366 e. The second-order valence-electron chi connectivity index (χ2n) is 8.73. The molecule has 0 aromatic heterocycles. The molecule has 0 unspecified atom stereocenters. The van der Waals surface area contributed by atoms with Gasteiger partial charge in [-0.3, -0.25) is 0 Å². The van der Waals surface area contributed by atoms with E-state index in [4.69, 9.17) is 12.8 Å². The quantitative estimate of drug-likeness (QED) is 0.190. The van der Waals surface area contributed by atoms with Gasteiger partial charge in [-0.25, -0.2) is 0 Å². The van der Waals surface area contributed by atoms with Crippen molar-refractivity contribution in [1.29, 1.82) is 0 Å². The zero-order chi connectivity index (χ0) is 21.4. The molecule has 3 aliphatic rings. The van der Waals surface area contributed by atoms with Crippen LogP contribution < -0.4 is 0 Å². The van der Waals surface area contributed by atoms with E-state index in [1.807, 2.05) is 0 Å². The minimum Gasteiger partial charge on any atom is -0.115 e. The van der Waals surface area contributed by atoms with Crippen molar-refractivity contribution in [3.8, 4) is 24.7 Å². The fourth-order valence-corrected chi connectivity index (χ4v) is 6.15. The molecule has 2 bridgehead atoms. The van der Waals surface area contributed by atoms with Gasteiger partial charge in [-0.2, -0.15) is 0 Å². The first-order valence-corrected chi connectivity index (χ1v) is 10.9. The van der Waals surface area contributed by atoms with Crippen LogP contribution in [0.15, 0.2) is 84.9 Å². The second kappa shape index (κ2) is 6.13. The van der Waals surface area contributed by atoms with Crippen LogP contribution in [0.4, 0.5) is 0 Å². The maximum atomic E-state index is 6.25. The van der Waals surface area contributed by atoms with Gasteiger partial charge in [0.05, 0.1) is 0 Å². The number of hydrogen-bond donors (Lipinski definition) is 0. The van der Waals surface area contributed by atoms with Gasteiger partial charge in [-0.05, 0) is 67.1 Å². The lowest BCUT2D eigenvalue weighted by Crippen LogP contribution is -2.29. The highest BCUT2D eigenvalue weighted by atomic mass is 14.5. The van der Waals surface area contributed by atoms with Gasteiger partial charge in [-0.1, -0.05) is 84.6 Å². The number of fused-ring (bicyclic) bond motifs is 2. The molecule has 0 fully saturated rings. The van der Waals surface area contributed by atoms with Crippen LogP contribution in [-0.2, 0) is 0 Å². The van der Waals surface area contributed by atoms with Gasteiger partial charge in [0.2, 0.25) is 0 Å². The summed E-state index contributed by atoms with van der Waals surface area (Å²) in [5.74, 6) is 6.40. The highest BCUT2D eigenvalue weighted by molar-refractivity contribution is 6.05. The molecule has 146 valence electrons. The highest BCUT2D eigenvalue weighted by Gasteiger charge is 2.44. The first kappa shape index (κ1) is 17.4. The van der Waals surface area contributed by atoms with E-state index in [2.05, 4.69) is 96.8 Å². The Morgan fingerprint density at radius 2 is 0.844 bits per heavy atom. The lowest BCUT2D eigenvalue weighted by Gasteiger charge is -2.43. The van der Waals surface area contributed by atoms with Gasteiger partial charge in [0, 0.05) is 23.0 Å². The molecular weight excluding hydrogens is 384 g/mol. The Kier molecular flexibility index (Phi) is 3.34. The summed E-state index contributed by atoms with van der Waals surface area (Å²) >= 11 is 0. The van der Waals surface area contributed by atoms with Crippen LogP contribution in [0.25, 0.3) is 21.5 Å². The second-order valence-corrected chi connectivity index (χ2v) is 8.73. The Morgan fingerprint density at radius 3 is 1.19 bits per heavy atom. The summed E-state index contributed by atoms with van der Waals surface area (Å²) < 4.78 is 0. The van der Waals surface area contributed by atoms with Gasteiger partial charge >= 0.3 is 0 Å². The lowest BCUT2D eigenvalue weighted by atomic mass is 9.58. The molecular formula is C32H18. The number of terminal acetylenes is 2. The zero-order valence-electron chi connectivity index (χ0n) is 17.4. The highest BCUT2D eigenvalue weighted by Crippen LogP contribution is 2.58. The minimum atomic E-state index is 0.108. The zero-order valence-corrected chi connectivity index (χ0v) is 17.4. The van der Waals surface area contributed by atoms with Crippen molar-refractivity contribution >= 4 is 21.5 Å². The number of benzene rings is 5. The Balaban J connectivity index is 1.72. The summed E-state index contributed by atoms with van der Waals surface area (Å²) in [6, 6.07) is 30.4. The molecule has 0 atom stereocenters. The molecule has 8 rings (SSSR count). The first-order valence-electron chi connectivity index (χ1n) is 10.9. The molecule has 32 heavy (non-hydrogen) atoms. The van der Waals surface area contributed by atoms with Crippen LogP contribution in [0, 0.1) is 24.7 Å². The van der Waals surface area contributed by atoms with E-state index in [0.29, 0.717) is 0 Å². The van der Waals surface area contributed by atoms with E-state index in [-0.39, 0.29) is 11.8 Å². The van der Waals surface area contributed by atoms with Crippen molar-refractivity contribution in [3.05, 3.63) is 129 Å². The molecule has 0 saturated heterocycles. The van der Waals surface area contributed by atoms with Crippen LogP contribution in [0.1, 0.15) is 56.3 Å². The van der Waals surface area contributed by atoms with Gasteiger partial charge in [0.25, 0.3) is 0 Å². The molecule has 0 nitrogen and oxygen atoms in total.